The lowest BCUT2D eigenvalue weighted by molar-refractivity contribution is 0.826. The third kappa shape index (κ3) is 1.43. The minimum absolute atomic E-state index is 0.0509. The Hall–Kier alpha value is -0.990. The van der Waals surface area contributed by atoms with E-state index in [2.05, 4.69) is 4.98 Å². The second-order valence-electron chi connectivity index (χ2n) is 3.22. The van der Waals surface area contributed by atoms with E-state index in [0.29, 0.717) is 0 Å². The Bertz CT molecular complexity index is 431. The highest BCUT2D eigenvalue weighted by atomic mass is 35.5. The Morgan fingerprint density at radius 3 is 2.92 bits per heavy atom. The van der Waals surface area contributed by atoms with Crippen molar-refractivity contribution in [3.63, 3.8) is 0 Å². The van der Waals surface area contributed by atoms with Gasteiger partial charge in [0.2, 0.25) is 0 Å². The second kappa shape index (κ2) is 3.05. The van der Waals surface area contributed by atoms with Gasteiger partial charge in [-0.2, -0.15) is 0 Å². The van der Waals surface area contributed by atoms with Gasteiger partial charge >= 0.3 is 0 Å². The number of hydrogen-bond acceptors (Lipinski definition) is 1. The van der Waals surface area contributed by atoms with Crippen LogP contribution in [-0.4, -0.2) is 4.98 Å². The number of H-pyrrole nitrogens is 1. The molecule has 0 saturated heterocycles. The highest BCUT2D eigenvalue weighted by Crippen LogP contribution is 2.24. The molecule has 3 heteroatoms. The Morgan fingerprint density at radius 1 is 1.46 bits per heavy atom. The molecule has 1 aromatic carbocycles. The molecule has 68 valence electrons. The maximum absolute atomic E-state index is 5.86. The summed E-state index contributed by atoms with van der Waals surface area (Å²) in [6, 6.07) is 5.83. The van der Waals surface area contributed by atoms with Crippen molar-refractivity contribution in [3.8, 4) is 0 Å². The number of halogens is 1. The smallest absolute Gasteiger partial charge is 0.0472 e. The van der Waals surface area contributed by atoms with Crippen molar-refractivity contribution in [2.24, 2.45) is 5.73 Å². The summed E-state index contributed by atoms with van der Waals surface area (Å²) in [7, 11) is 0. The summed E-state index contributed by atoms with van der Waals surface area (Å²) < 4.78 is 0. The number of fused-ring (bicyclic) bond motifs is 1. The van der Waals surface area contributed by atoms with Gasteiger partial charge in [0.1, 0.15) is 0 Å². The van der Waals surface area contributed by atoms with E-state index in [0.717, 1.165) is 21.5 Å². The third-order valence-electron chi connectivity index (χ3n) is 2.17. The Balaban J connectivity index is 2.69. The fourth-order valence-electron chi connectivity index (χ4n) is 1.50. The van der Waals surface area contributed by atoms with Crippen LogP contribution in [0.2, 0.25) is 5.02 Å². The Morgan fingerprint density at radius 2 is 2.23 bits per heavy atom. The van der Waals surface area contributed by atoms with Gasteiger partial charge in [-0.15, -0.1) is 0 Å². The molecule has 13 heavy (non-hydrogen) atoms. The summed E-state index contributed by atoms with van der Waals surface area (Å²) in [6.07, 6.45) is 1.94. The summed E-state index contributed by atoms with van der Waals surface area (Å²) in [5, 5.41) is 1.89. The van der Waals surface area contributed by atoms with Gasteiger partial charge in [-0.3, -0.25) is 0 Å². The number of aromatic amines is 1. The van der Waals surface area contributed by atoms with Crippen LogP contribution in [0.3, 0.4) is 0 Å². The van der Waals surface area contributed by atoms with Crippen LogP contribution in [0, 0.1) is 0 Å². The number of aromatic nitrogens is 1. The van der Waals surface area contributed by atoms with Crippen molar-refractivity contribution < 1.29 is 0 Å². The fraction of sp³-hybridized carbons (Fsp3) is 0.200. The van der Waals surface area contributed by atoms with Gasteiger partial charge in [0.05, 0.1) is 0 Å². The predicted octanol–water partition coefficient (Wildman–Crippen LogP) is 2.84. The molecule has 0 aliphatic rings. The molecule has 3 N–H and O–H groups in total. The average molecular weight is 195 g/mol. The zero-order valence-corrected chi connectivity index (χ0v) is 8.10. The number of nitrogens with one attached hydrogen (secondary N) is 1. The van der Waals surface area contributed by atoms with E-state index in [1.54, 1.807) is 0 Å². The number of rotatable bonds is 1. The van der Waals surface area contributed by atoms with Crippen LogP contribution in [0.25, 0.3) is 10.9 Å². The topological polar surface area (TPSA) is 41.8 Å². The molecule has 0 spiro atoms. The zero-order valence-electron chi connectivity index (χ0n) is 7.34. The molecule has 0 aliphatic heterocycles. The molecule has 2 rings (SSSR count). The molecule has 0 unspecified atom stereocenters. The van der Waals surface area contributed by atoms with Gasteiger partial charge in [0.25, 0.3) is 0 Å². The summed E-state index contributed by atoms with van der Waals surface area (Å²) in [5.41, 5.74) is 7.98. The zero-order chi connectivity index (χ0) is 9.42. The summed E-state index contributed by atoms with van der Waals surface area (Å²) >= 11 is 5.86. The minimum Gasteiger partial charge on any atom is -0.361 e. The molecule has 1 atom stereocenters. The molecule has 0 saturated carbocycles. The molecule has 1 heterocycles. The van der Waals surface area contributed by atoms with E-state index < -0.39 is 0 Å². The van der Waals surface area contributed by atoms with Gasteiger partial charge in [-0.1, -0.05) is 17.7 Å². The molecule has 0 fully saturated rings. The van der Waals surface area contributed by atoms with Crippen LogP contribution < -0.4 is 5.73 Å². The van der Waals surface area contributed by atoms with Crippen molar-refractivity contribution >= 4 is 22.5 Å². The number of hydrogen-bond donors (Lipinski definition) is 2. The van der Waals surface area contributed by atoms with Crippen LogP contribution in [0.5, 0.6) is 0 Å². The van der Waals surface area contributed by atoms with E-state index in [1.807, 2.05) is 31.3 Å². The van der Waals surface area contributed by atoms with Crippen molar-refractivity contribution in [3.05, 3.63) is 35.0 Å². The molecule has 1 aromatic heterocycles. The molecule has 0 amide bonds. The number of nitrogens with two attached hydrogens (primary N) is 1. The van der Waals surface area contributed by atoms with Crippen LogP contribution in [-0.2, 0) is 0 Å². The van der Waals surface area contributed by atoms with E-state index in [1.165, 1.54) is 0 Å². The molecule has 2 nitrogen and oxygen atoms in total. The standard InChI is InChI=1S/C10H11ClN2/c1-6(12)9-5-13-10-4-7(11)2-3-8(9)10/h2-6,13H,12H2,1H3/t6-/m0/s1. The molecule has 0 aliphatic carbocycles. The van der Waals surface area contributed by atoms with Crippen molar-refractivity contribution in [2.75, 3.05) is 0 Å². The highest BCUT2D eigenvalue weighted by molar-refractivity contribution is 6.31. The molecular formula is C10H11ClN2. The van der Waals surface area contributed by atoms with Gasteiger partial charge < -0.3 is 10.7 Å². The van der Waals surface area contributed by atoms with Crippen LogP contribution in [0.15, 0.2) is 24.4 Å². The van der Waals surface area contributed by atoms with E-state index in [9.17, 15) is 0 Å². The summed E-state index contributed by atoms with van der Waals surface area (Å²) in [5.74, 6) is 0. The Kier molecular flexibility index (Phi) is 2.02. The fourth-order valence-corrected chi connectivity index (χ4v) is 1.67. The quantitative estimate of drug-likeness (QED) is 0.720. The van der Waals surface area contributed by atoms with E-state index in [-0.39, 0.29) is 6.04 Å². The van der Waals surface area contributed by atoms with Gasteiger partial charge in [0, 0.05) is 28.2 Å². The van der Waals surface area contributed by atoms with E-state index in [4.69, 9.17) is 17.3 Å². The maximum atomic E-state index is 5.86. The lowest BCUT2D eigenvalue weighted by Gasteiger charge is -2.01. The number of benzene rings is 1. The first-order chi connectivity index (χ1) is 6.18. The van der Waals surface area contributed by atoms with E-state index >= 15 is 0 Å². The monoisotopic (exact) mass is 194 g/mol. The predicted molar refractivity (Wildman–Crippen MR) is 55.9 cm³/mol. The lowest BCUT2D eigenvalue weighted by Crippen LogP contribution is -2.03. The average Bonchev–Trinajstić information content (AvgIpc) is 2.46. The Labute approximate surface area is 81.7 Å². The first-order valence-corrected chi connectivity index (χ1v) is 4.58. The normalized spacial score (nSPS) is 13.5. The van der Waals surface area contributed by atoms with Crippen LogP contribution in [0.4, 0.5) is 0 Å². The SMILES string of the molecule is C[C@H](N)c1c[nH]c2cc(Cl)ccc12. The lowest BCUT2D eigenvalue weighted by atomic mass is 10.1. The molecule has 0 radical (unpaired) electrons. The van der Waals surface area contributed by atoms with Crippen molar-refractivity contribution in [2.45, 2.75) is 13.0 Å². The highest BCUT2D eigenvalue weighted by Gasteiger charge is 2.06. The first-order valence-electron chi connectivity index (χ1n) is 4.20. The van der Waals surface area contributed by atoms with Crippen LogP contribution >= 0.6 is 11.6 Å². The minimum atomic E-state index is 0.0509. The van der Waals surface area contributed by atoms with Gasteiger partial charge in [-0.05, 0) is 24.6 Å². The third-order valence-corrected chi connectivity index (χ3v) is 2.40. The first kappa shape index (κ1) is 8.60. The summed E-state index contributed by atoms with van der Waals surface area (Å²) in [4.78, 5) is 3.15. The molecular weight excluding hydrogens is 184 g/mol. The van der Waals surface area contributed by atoms with Gasteiger partial charge in [0.15, 0.2) is 0 Å². The molecule has 0 bridgehead atoms. The van der Waals surface area contributed by atoms with Crippen molar-refractivity contribution in [1.82, 2.24) is 4.98 Å². The second-order valence-corrected chi connectivity index (χ2v) is 3.66. The summed E-state index contributed by atoms with van der Waals surface area (Å²) in [6.45, 7) is 1.97. The maximum Gasteiger partial charge on any atom is 0.0472 e. The van der Waals surface area contributed by atoms with Crippen LogP contribution in [0.1, 0.15) is 18.5 Å². The molecule has 2 aromatic rings. The largest absolute Gasteiger partial charge is 0.361 e. The van der Waals surface area contributed by atoms with Gasteiger partial charge in [-0.25, -0.2) is 0 Å². The van der Waals surface area contributed by atoms with Crippen molar-refractivity contribution in [1.29, 1.82) is 0 Å².